The molecule has 5 nitrogen and oxygen atoms in total. The number of aliphatic hydroxyl groups is 1. The molecule has 0 unspecified atom stereocenters. The Bertz CT molecular complexity index is 445. The van der Waals surface area contributed by atoms with Gasteiger partial charge in [0.15, 0.2) is 0 Å². The van der Waals surface area contributed by atoms with Crippen LogP contribution in [0.3, 0.4) is 0 Å². The van der Waals surface area contributed by atoms with Gasteiger partial charge in [0.2, 0.25) is 5.89 Å². The lowest BCUT2D eigenvalue weighted by Crippen LogP contribution is -1.93. The maximum atomic E-state index is 8.82. The minimum atomic E-state index is -0.135. The van der Waals surface area contributed by atoms with Crippen LogP contribution in [0.2, 0.25) is 0 Å². The van der Waals surface area contributed by atoms with Crippen molar-refractivity contribution in [2.45, 2.75) is 13.5 Å². The first-order chi connectivity index (χ1) is 6.70. The number of nitrogens with zero attached hydrogens (tertiary/aromatic N) is 3. The minimum Gasteiger partial charge on any atom is -0.437 e. The first kappa shape index (κ1) is 8.96. The second-order valence-electron chi connectivity index (χ2n) is 3.08. The van der Waals surface area contributed by atoms with Crippen LogP contribution in [0.4, 0.5) is 0 Å². The van der Waals surface area contributed by atoms with Gasteiger partial charge in [0.1, 0.15) is 18.1 Å². The van der Waals surface area contributed by atoms with E-state index in [-0.39, 0.29) is 6.61 Å². The molecule has 0 radical (unpaired) electrons. The van der Waals surface area contributed by atoms with Gasteiger partial charge >= 0.3 is 0 Å². The summed E-state index contributed by atoms with van der Waals surface area (Å²) in [7, 11) is 1.82. The Kier molecular flexibility index (Phi) is 2.09. The van der Waals surface area contributed by atoms with Crippen molar-refractivity contribution in [1.82, 2.24) is 14.8 Å². The lowest BCUT2D eigenvalue weighted by molar-refractivity contribution is 0.248. The normalized spacial score (nSPS) is 10.8. The van der Waals surface area contributed by atoms with Crippen LogP contribution < -0.4 is 0 Å². The largest absolute Gasteiger partial charge is 0.437 e. The minimum absolute atomic E-state index is 0.135. The maximum Gasteiger partial charge on any atom is 0.245 e. The summed E-state index contributed by atoms with van der Waals surface area (Å²) in [6, 6.07) is 1.88. The van der Waals surface area contributed by atoms with Gasteiger partial charge in [-0.1, -0.05) is 0 Å². The van der Waals surface area contributed by atoms with Crippen molar-refractivity contribution in [1.29, 1.82) is 0 Å². The predicted molar refractivity (Wildman–Crippen MR) is 49.4 cm³/mol. The zero-order valence-corrected chi connectivity index (χ0v) is 8.06. The van der Waals surface area contributed by atoms with E-state index in [2.05, 4.69) is 10.1 Å². The van der Waals surface area contributed by atoms with Crippen LogP contribution in [-0.2, 0) is 13.7 Å². The fourth-order valence-corrected chi connectivity index (χ4v) is 1.31. The molecular weight excluding hydrogens is 182 g/mol. The third kappa shape index (κ3) is 1.42. The molecule has 2 aromatic heterocycles. The number of oxazole rings is 1. The maximum absolute atomic E-state index is 8.82. The summed E-state index contributed by atoms with van der Waals surface area (Å²) in [6.45, 7) is 1.77. The molecule has 0 saturated carbocycles. The molecule has 2 aromatic rings. The molecule has 0 aliphatic heterocycles. The van der Waals surface area contributed by atoms with Crippen molar-refractivity contribution in [2.24, 2.45) is 7.05 Å². The molecule has 0 aliphatic carbocycles. The highest BCUT2D eigenvalue weighted by Crippen LogP contribution is 2.19. The highest BCUT2D eigenvalue weighted by Gasteiger charge is 2.10. The summed E-state index contributed by atoms with van der Waals surface area (Å²) < 4.78 is 6.99. The van der Waals surface area contributed by atoms with Gasteiger partial charge in [0, 0.05) is 7.05 Å². The molecule has 0 aromatic carbocycles. The molecular formula is C9H11N3O2. The van der Waals surface area contributed by atoms with Crippen molar-refractivity contribution < 1.29 is 9.52 Å². The van der Waals surface area contributed by atoms with Gasteiger partial charge in [-0.3, -0.25) is 4.68 Å². The summed E-state index contributed by atoms with van der Waals surface area (Å²) in [4.78, 5) is 4.04. The topological polar surface area (TPSA) is 64.1 Å². The molecule has 0 amide bonds. The van der Waals surface area contributed by atoms with Crippen molar-refractivity contribution in [3.63, 3.8) is 0 Å². The zero-order valence-electron chi connectivity index (χ0n) is 8.06. The fraction of sp³-hybridized carbons (Fsp3) is 0.333. The first-order valence-corrected chi connectivity index (χ1v) is 4.27. The van der Waals surface area contributed by atoms with Crippen molar-refractivity contribution in [3.05, 3.63) is 23.7 Å². The van der Waals surface area contributed by atoms with E-state index < -0.39 is 0 Å². The molecule has 0 aliphatic rings. The van der Waals surface area contributed by atoms with Crippen LogP contribution >= 0.6 is 0 Å². The van der Waals surface area contributed by atoms with Crippen LogP contribution in [0.15, 0.2) is 16.7 Å². The summed E-state index contributed by atoms with van der Waals surface area (Å²) in [5, 5.41) is 13.0. The van der Waals surface area contributed by atoms with E-state index in [1.54, 1.807) is 4.68 Å². The Morgan fingerprint density at radius 2 is 2.36 bits per heavy atom. The second kappa shape index (κ2) is 3.26. The number of rotatable bonds is 2. The van der Waals surface area contributed by atoms with E-state index >= 15 is 0 Å². The van der Waals surface area contributed by atoms with E-state index in [1.165, 1.54) is 6.20 Å². The molecule has 0 spiro atoms. The van der Waals surface area contributed by atoms with Crippen LogP contribution in [0.5, 0.6) is 0 Å². The average molecular weight is 193 g/mol. The second-order valence-corrected chi connectivity index (χ2v) is 3.08. The van der Waals surface area contributed by atoms with Crippen LogP contribution in [0.1, 0.15) is 11.5 Å². The smallest absolute Gasteiger partial charge is 0.245 e. The fourth-order valence-electron chi connectivity index (χ4n) is 1.31. The molecule has 5 heteroatoms. The van der Waals surface area contributed by atoms with Crippen molar-refractivity contribution >= 4 is 0 Å². The molecule has 14 heavy (non-hydrogen) atoms. The van der Waals surface area contributed by atoms with E-state index in [1.807, 2.05) is 20.0 Å². The highest BCUT2D eigenvalue weighted by molar-refractivity contribution is 5.47. The molecule has 2 heterocycles. The number of aryl methyl sites for hydroxylation is 2. The van der Waals surface area contributed by atoms with E-state index in [0.29, 0.717) is 11.7 Å². The molecule has 2 rings (SSSR count). The summed E-state index contributed by atoms with van der Waals surface area (Å²) >= 11 is 0. The van der Waals surface area contributed by atoms with E-state index in [0.717, 1.165) is 11.4 Å². The quantitative estimate of drug-likeness (QED) is 0.768. The third-order valence-corrected chi connectivity index (χ3v) is 1.93. The van der Waals surface area contributed by atoms with Gasteiger partial charge in [0.05, 0.1) is 11.9 Å². The van der Waals surface area contributed by atoms with Crippen molar-refractivity contribution in [2.75, 3.05) is 0 Å². The third-order valence-electron chi connectivity index (χ3n) is 1.93. The molecule has 0 bridgehead atoms. The van der Waals surface area contributed by atoms with Crippen molar-refractivity contribution in [3.8, 4) is 11.6 Å². The lowest BCUT2D eigenvalue weighted by Gasteiger charge is -1.94. The summed E-state index contributed by atoms with van der Waals surface area (Å²) in [6.07, 6.45) is 1.51. The Hall–Kier alpha value is -1.62. The van der Waals surface area contributed by atoms with Gasteiger partial charge in [-0.25, -0.2) is 4.98 Å². The predicted octanol–water partition coefficient (Wildman–Crippen LogP) is 0.876. The SMILES string of the molecule is Cc1cc(-c2ncc(CO)o2)n(C)n1. The lowest BCUT2D eigenvalue weighted by atomic mass is 10.4. The standard InChI is InChI=1S/C9H11N3O2/c1-6-3-8(12(2)11-6)9-10-4-7(5-13)14-9/h3-4,13H,5H2,1-2H3. The van der Waals surface area contributed by atoms with E-state index in [9.17, 15) is 0 Å². The van der Waals surface area contributed by atoms with Gasteiger partial charge < -0.3 is 9.52 Å². The van der Waals surface area contributed by atoms with Gasteiger partial charge in [-0.2, -0.15) is 5.10 Å². The Morgan fingerprint density at radius 3 is 2.86 bits per heavy atom. The first-order valence-electron chi connectivity index (χ1n) is 4.27. The summed E-state index contributed by atoms with van der Waals surface area (Å²) in [5.41, 5.74) is 1.72. The van der Waals surface area contributed by atoms with Gasteiger partial charge in [-0.15, -0.1) is 0 Å². The number of aromatic nitrogens is 3. The molecule has 0 atom stereocenters. The van der Waals surface area contributed by atoms with E-state index in [4.69, 9.17) is 9.52 Å². The van der Waals surface area contributed by atoms with Crippen LogP contribution in [0.25, 0.3) is 11.6 Å². The Morgan fingerprint density at radius 1 is 1.57 bits per heavy atom. The summed E-state index contributed by atoms with van der Waals surface area (Å²) in [5.74, 6) is 0.941. The monoisotopic (exact) mass is 193 g/mol. The van der Waals surface area contributed by atoms with Gasteiger partial charge in [0.25, 0.3) is 0 Å². The van der Waals surface area contributed by atoms with Crippen LogP contribution in [0, 0.1) is 6.92 Å². The highest BCUT2D eigenvalue weighted by atomic mass is 16.4. The number of aliphatic hydroxyl groups excluding tert-OH is 1. The Labute approximate surface area is 81.0 Å². The Balaban J connectivity index is 2.43. The zero-order chi connectivity index (χ0) is 10.1. The number of hydrogen-bond donors (Lipinski definition) is 1. The number of hydrogen-bond acceptors (Lipinski definition) is 4. The average Bonchev–Trinajstić information content (AvgIpc) is 2.71. The molecule has 74 valence electrons. The molecule has 1 N–H and O–H groups in total. The van der Waals surface area contributed by atoms with Gasteiger partial charge in [-0.05, 0) is 13.0 Å². The molecule has 0 saturated heterocycles. The molecule has 0 fully saturated rings. The van der Waals surface area contributed by atoms with Crippen LogP contribution in [-0.4, -0.2) is 19.9 Å².